The van der Waals surface area contributed by atoms with E-state index in [1.807, 2.05) is 6.92 Å². The molecule has 8 nitrogen and oxygen atoms in total. The Morgan fingerprint density at radius 1 is 0.921 bits per heavy atom. The number of ether oxygens (including phenoxy) is 3. The smallest absolute Gasteiger partial charge is 0.331 e. The van der Waals surface area contributed by atoms with Gasteiger partial charge in [-0.15, -0.1) is 0 Å². The van der Waals surface area contributed by atoms with E-state index in [1.54, 1.807) is 54.6 Å². The molecule has 1 fully saturated rings. The molecule has 1 aliphatic rings. The number of halogens is 1. The van der Waals surface area contributed by atoms with E-state index in [9.17, 15) is 18.8 Å². The first-order valence-electron chi connectivity index (χ1n) is 12.0. The molecule has 0 spiro atoms. The number of imide groups is 2. The van der Waals surface area contributed by atoms with Gasteiger partial charge in [-0.2, -0.15) is 0 Å². The fourth-order valence-corrected chi connectivity index (χ4v) is 3.82. The minimum Gasteiger partial charge on any atom is -0.493 e. The first-order valence-corrected chi connectivity index (χ1v) is 12.0. The highest BCUT2D eigenvalue weighted by molar-refractivity contribution is 6.30. The number of nitrogens with zero attached hydrogens (tertiary/aromatic N) is 1. The van der Waals surface area contributed by atoms with E-state index >= 15 is 0 Å². The molecule has 0 aromatic heterocycles. The highest BCUT2D eigenvalue weighted by atomic mass is 19.1. The third-order valence-corrected chi connectivity index (χ3v) is 5.68. The Morgan fingerprint density at radius 3 is 2.50 bits per heavy atom. The summed E-state index contributed by atoms with van der Waals surface area (Å²) in [5.41, 5.74) is 1.61. The van der Waals surface area contributed by atoms with Crippen LogP contribution >= 0.6 is 0 Å². The van der Waals surface area contributed by atoms with Crippen molar-refractivity contribution in [1.29, 1.82) is 0 Å². The quantitative estimate of drug-likeness (QED) is 0.304. The van der Waals surface area contributed by atoms with Gasteiger partial charge in [0.15, 0.2) is 11.5 Å². The second kappa shape index (κ2) is 12.1. The number of hydrogen-bond donors (Lipinski definition) is 1. The van der Waals surface area contributed by atoms with Crippen LogP contribution in [-0.4, -0.2) is 36.5 Å². The van der Waals surface area contributed by atoms with E-state index < -0.39 is 17.8 Å². The molecule has 0 bridgehead atoms. The van der Waals surface area contributed by atoms with Crippen LogP contribution in [0, 0.1) is 5.82 Å². The summed E-state index contributed by atoms with van der Waals surface area (Å²) in [5, 5.41) is 2.22. The van der Waals surface area contributed by atoms with E-state index in [0.29, 0.717) is 40.5 Å². The molecule has 3 aromatic rings. The van der Waals surface area contributed by atoms with Crippen LogP contribution < -0.4 is 19.5 Å². The highest BCUT2D eigenvalue weighted by Gasteiger charge is 2.35. The summed E-state index contributed by atoms with van der Waals surface area (Å²) in [6.45, 7) is 2.59. The van der Waals surface area contributed by atoms with Crippen molar-refractivity contribution in [2.45, 2.75) is 26.5 Å². The molecule has 0 aliphatic carbocycles. The molecule has 0 saturated carbocycles. The first kappa shape index (κ1) is 26.4. The Kier molecular flexibility index (Phi) is 8.37. The van der Waals surface area contributed by atoms with Crippen molar-refractivity contribution in [3.63, 3.8) is 0 Å². The summed E-state index contributed by atoms with van der Waals surface area (Å²) in [6.07, 6.45) is 2.23. The van der Waals surface area contributed by atoms with Crippen LogP contribution in [0.5, 0.6) is 17.2 Å². The molecular formula is C29H27FN2O6. The van der Waals surface area contributed by atoms with Gasteiger partial charge < -0.3 is 14.2 Å². The van der Waals surface area contributed by atoms with Crippen molar-refractivity contribution in [3.05, 3.63) is 94.8 Å². The second-order valence-electron chi connectivity index (χ2n) is 8.53. The minimum absolute atomic E-state index is 0.0729. The maximum Gasteiger partial charge on any atom is 0.331 e. The van der Waals surface area contributed by atoms with Gasteiger partial charge in [-0.1, -0.05) is 37.3 Å². The van der Waals surface area contributed by atoms with Crippen molar-refractivity contribution in [2.24, 2.45) is 0 Å². The van der Waals surface area contributed by atoms with Gasteiger partial charge in [0, 0.05) is 0 Å². The summed E-state index contributed by atoms with van der Waals surface area (Å²) >= 11 is 0. The van der Waals surface area contributed by atoms with Crippen molar-refractivity contribution in [2.75, 3.05) is 13.7 Å². The fraction of sp³-hybridized carbons (Fsp3) is 0.207. The zero-order valence-corrected chi connectivity index (χ0v) is 21.0. The number of benzene rings is 3. The number of nitrogens with one attached hydrogen (secondary N) is 1. The van der Waals surface area contributed by atoms with Crippen LogP contribution in [-0.2, 0) is 22.7 Å². The van der Waals surface area contributed by atoms with Crippen LogP contribution in [0.4, 0.5) is 9.18 Å². The number of carbonyl (C=O) groups is 3. The molecule has 1 saturated heterocycles. The van der Waals surface area contributed by atoms with E-state index in [-0.39, 0.29) is 24.5 Å². The minimum atomic E-state index is -0.811. The van der Waals surface area contributed by atoms with Crippen LogP contribution in [0.3, 0.4) is 0 Å². The molecule has 38 heavy (non-hydrogen) atoms. The first-order chi connectivity index (χ1) is 18.4. The van der Waals surface area contributed by atoms with E-state index in [2.05, 4.69) is 5.32 Å². The van der Waals surface area contributed by atoms with Crippen LogP contribution in [0.15, 0.2) is 72.3 Å². The molecule has 4 amide bonds. The SMILES string of the molecule is CCCOc1ccc(CN2C(=O)NC(=O)/C(=C/c3cccc(OCc4cccc(F)c4)c3)C2=O)cc1OC. The average molecular weight is 519 g/mol. The number of urea groups is 1. The molecule has 3 aromatic carbocycles. The number of hydrogen-bond acceptors (Lipinski definition) is 6. The van der Waals surface area contributed by atoms with Crippen molar-refractivity contribution >= 4 is 23.9 Å². The predicted octanol–water partition coefficient (Wildman–Crippen LogP) is 4.86. The average Bonchev–Trinajstić information content (AvgIpc) is 2.91. The topological polar surface area (TPSA) is 94.2 Å². The summed E-state index contributed by atoms with van der Waals surface area (Å²) < 4.78 is 30.2. The van der Waals surface area contributed by atoms with Gasteiger partial charge in [-0.25, -0.2) is 9.18 Å². The summed E-state index contributed by atoms with van der Waals surface area (Å²) in [4.78, 5) is 39.2. The molecule has 1 heterocycles. The standard InChI is InChI=1S/C29H27FN2O6/c1-3-12-37-25-11-10-20(16-26(25)36-2)17-32-28(34)24(27(33)31-29(32)35)15-19-6-5-9-23(14-19)38-18-21-7-4-8-22(30)13-21/h4-11,13-16H,3,12,17-18H2,1-2H3,(H,31,33,35)/b24-15-. The highest BCUT2D eigenvalue weighted by Crippen LogP contribution is 2.29. The number of barbiturate groups is 1. The molecule has 0 radical (unpaired) electrons. The summed E-state index contributed by atoms with van der Waals surface area (Å²) in [6, 6.07) is 17.1. The zero-order valence-electron chi connectivity index (χ0n) is 21.0. The Morgan fingerprint density at radius 2 is 1.74 bits per heavy atom. The maximum atomic E-state index is 13.4. The normalized spacial score (nSPS) is 14.4. The molecule has 0 unspecified atom stereocenters. The number of methoxy groups -OCH3 is 1. The molecular weight excluding hydrogens is 491 g/mol. The molecule has 4 rings (SSSR count). The van der Waals surface area contributed by atoms with E-state index in [0.717, 1.165) is 11.3 Å². The lowest BCUT2D eigenvalue weighted by atomic mass is 10.1. The van der Waals surface area contributed by atoms with Gasteiger partial charge in [0.05, 0.1) is 20.3 Å². The van der Waals surface area contributed by atoms with Crippen LogP contribution in [0.25, 0.3) is 6.08 Å². The third-order valence-electron chi connectivity index (χ3n) is 5.68. The second-order valence-corrected chi connectivity index (χ2v) is 8.53. The summed E-state index contributed by atoms with van der Waals surface area (Å²) in [5.74, 6) is -0.369. The van der Waals surface area contributed by atoms with E-state index in [1.165, 1.54) is 25.3 Å². The number of carbonyl (C=O) groups excluding carboxylic acids is 3. The van der Waals surface area contributed by atoms with Gasteiger partial charge in [0.2, 0.25) is 0 Å². The van der Waals surface area contributed by atoms with Crippen molar-refractivity contribution < 1.29 is 33.0 Å². The number of rotatable bonds is 10. The van der Waals surface area contributed by atoms with Gasteiger partial charge in [-0.3, -0.25) is 19.8 Å². The molecule has 9 heteroatoms. The third kappa shape index (κ3) is 6.36. The Labute approximate surface area is 219 Å². The predicted molar refractivity (Wildman–Crippen MR) is 138 cm³/mol. The van der Waals surface area contributed by atoms with E-state index in [4.69, 9.17) is 14.2 Å². The van der Waals surface area contributed by atoms with Crippen LogP contribution in [0.2, 0.25) is 0 Å². The molecule has 0 atom stereocenters. The molecule has 1 N–H and O–H groups in total. The molecule has 1 aliphatic heterocycles. The maximum absolute atomic E-state index is 13.4. The van der Waals surface area contributed by atoms with Gasteiger partial charge >= 0.3 is 6.03 Å². The Hall–Kier alpha value is -4.66. The van der Waals surface area contributed by atoms with Crippen molar-refractivity contribution in [3.8, 4) is 17.2 Å². The largest absolute Gasteiger partial charge is 0.493 e. The summed E-state index contributed by atoms with van der Waals surface area (Å²) in [7, 11) is 1.51. The van der Waals surface area contributed by atoms with Crippen LogP contribution in [0.1, 0.15) is 30.0 Å². The van der Waals surface area contributed by atoms with Gasteiger partial charge in [0.25, 0.3) is 11.8 Å². The zero-order chi connectivity index (χ0) is 27.1. The van der Waals surface area contributed by atoms with Gasteiger partial charge in [-0.05, 0) is 65.6 Å². The van der Waals surface area contributed by atoms with Gasteiger partial charge in [0.1, 0.15) is 23.7 Å². The lowest BCUT2D eigenvalue weighted by molar-refractivity contribution is -0.130. The number of amides is 4. The Balaban J connectivity index is 1.51. The lowest BCUT2D eigenvalue weighted by Gasteiger charge is -2.26. The Bertz CT molecular complexity index is 1390. The van der Waals surface area contributed by atoms with Crippen molar-refractivity contribution in [1.82, 2.24) is 10.2 Å². The lowest BCUT2D eigenvalue weighted by Crippen LogP contribution is -2.53. The monoisotopic (exact) mass is 518 g/mol. The molecule has 196 valence electrons. The fourth-order valence-electron chi connectivity index (χ4n) is 3.82.